The van der Waals surface area contributed by atoms with Crippen molar-refractivity contribution in [2.75, 3.05) is 0 Å². The normalized spacial score (nSPS) is 24.8. The monoisotopic (exact) mass is 191 g/mol. The summed E-state index contributed by atoms with van der Waals surface area (Å²) in [5.74, 6) is -1.87. The SMILES string of the molecule is NC1=NS(=O)(=O)NC(=O)/C1=N\[O-]. The molecule has 0 aromatic carbocycles. The highest BCUT2D eigenvalue weighted by Crippen LogP contribution is 1.96. The van der Waals surface area contributed by atoms with Gasteiger partial charge in [0.25, 0.3) is 5.91 Å². The van der Waals surface area contributed by atoms with Crippen LogP contribution in [0.2, 0.25) is 0 Å². The predicted molar refractivity (Wildman–Crippen MR) is 39.5 cm³/mol. The van der Waals surface area contributed by atoms with E-state index in [1.54, 1.807) is 0 Å². The molecule has 0 aliphatic carbocycles. The van der Waals surface area contributed by atoms with Gasteiger partial charge in [0, 0.05) is 0 Å². The summed E-state index contributed by atoms with van der Waals surface area (Å²) in [6, 6.07) is 0. The van der Waals surface area contributed by atoms with Gasteiger partial charge in [0.1, 0.15) is 0 Å². The number of nitrogens with zero attached hydrogens (tertiary/aromatic N) is 2. The van der Waals surface area contributed by atoms with Crippen LogP contribution >= 0.6 is 0 Å². The van der Waals surface area contributed by atoms with Crippen LogP contribution in [0.4, 0.5) is 0 Å². The van der Waals surface area contributed by atoms with Crippen LogP contribution in [-0.2, 0) is 15.0 Å². The van der Waals surface area contributed by atoms with Crippen LogP contribution in [0.15, 0.2) is 9.55 Å². The van der Waals surface area contributed by atoms with Crippen molar-refractivity contribution in [3.05, 3.63) is 5.21 Å². The van der Waals surface area contributed by atoms with E-state index in [0.29, 0.717) is 0 Å². The molecule has 0 saturated carbocycles. The molecule has 1 rings (SSSR count). The summed E-state index contributed by atoms with van der Waals surface area (Å²) in [6.45, 7) is 0. The molecule has 0 bridgehead atoms. The smallest absolute Gasteiger partial charge is 0.346 e. The van der Waals surface area contributed by atoms with Crippen LogP contribution in [0, 0.1) is 5.21 Å². The summed E-state index contributed by atoms with van der Waals surface area (Å²) in [6.07, 6.45) is 0. The van der Waals surface area contributed by atoms with Gasteiger partial charge in [-0.2, -0.15) is 8.42 Å². The predicted octanol–water partition coefficient (Wildman–Crippen LogP) is -2.34. The van der Waals surface area contributed by atoms with E-state index < -0.39 is 27.7 Å². The Labute approximate surface area is 66.9 Å². The molecule has 0 radical (unpaired) electrons. The van der Waals surface area contributed by atoms with Crippen LogP contribution in [0.25, 0.3) is 0 Å². The second kappa shape index (κ2) is 2.44. The van der Waals surface area contributed by atoms with Gasteiger partial charge in [-0.3, -0.25) is 4.79 Å². The fourth-order valence-electron chi connectivity index (χ4n) is 0.566. The van der Waals surface area contributed by atoms with Crippen molar-refractivity contribution in [1.29, 1.82) is 0 Å². The van der Waals surface area contributed by atoms with E-state index in [0.717, 1.165) is 0 Å². The van der Waals surface area contributed by atoms with Gasteiger partial charge >= 0.3 is 10.2 Å². The van der Waals surface area contributed by atoms with E-state index in [2.05, 4.69) is 9.55 Å². The molecule has 3 N–H and O–H groups in total. The van der Waals surface area contributed by atoms with Gasteiger partial charge in [0.2, 0.25) is 0 Å². The number of rotatable bonds is 0. The fourth-order valence-corrected chi connectivity index (χ4v) is 1.29. The van der Waals surface area contributed by atoms with Crippen molar-refractivity contribution in [2.45, 2.75) is 0 Å². The zero-order valence-corrected chi connectivity index (χ0v) is 6.33. The molecule has 0 fully saturated rings. The first-order valence-electron chi connectivity index (χ1n) is 2.59. The fraction of sp³-hybridized carbons (Fsp3) is 0. The van der Waals surface area contributed by atoms with Gasteiger partial charge in [-0.1, -0.05) is 0 Å². The largest absolute Gasteiger partial charge is 0.791 e. The molecule has 1 aliphatic heterocycles. The van der Waals surface area contributed by atoms with Gasteiger partial charge in [0.05, 0.1) is 0 Å². The highest BCUT2D eigenvalue weighted by atomic mass is 32.2. The first-order valence-corrected chi connectivity index (χ1v) is 4.03. The lowest BCUT2D eigenvalue weighted by Gasteiger charge is -2.12. The second-order valence-corrected chi connectivity index (χ2v) is 3.16. The number of amidine groups is 1. The van der Waals surface area contributed by atoms with Crippen LogP contribution in [0.5, 0.6) is 0 Å². The summed E-state index contributed by atoms with van der Waals surface area (Å²) < 4.78 is 25.4. The Balaban J connectivity index is 3.28. The van der Waals surface area contributed by atoms with Gasteiger partial charge in [-0.05, 0) is 0 Å². The van der Waals surface area contributed by atoms with Gasteiger partial charge in [-0.15, -0.1) is 4.40 Å². The topological polar surface area (TPSA) is 137 Å². The molecular weight excluding hydrogens is 188 g/mol. The van der Waals surface area contributed by atoms with Crippen LogP contribution in [0.3, 0.4) is 0 Å². The highest BCUT2D eigenvalue weighted by molar-refractivity contribution is 7.89. The molecule has 12 heavy (non-hydrogen) atoms. The first-order chi connectivity index (χ1) is 5.46. The first kappa shape index (κ1) is 8.46. The average molecular weight is 191 g/mol. The van der Waals surface area contributed by atoms with Crippen LogP contribution in [0.1, 0.15) is 0 Å². The molecule has 9 heteroatoms. The van der Waals surface area contributed by atoms with E-state index in [-0.39, 0.29) is 0 Å². The third kappa shape index (κ3) is 1.34. The summed E-state index contributed by atoms with van der Waals surface area (Å²) >= 11 is 0. The molecule has 0 saturated heterocycles. The number of amides is 1. The van der Waals surface area contributed by atoms with Gasteiger partial charge in [-0.25, -0.2) is 4.72 Å². The summed E-state index contributed by atoms with van der Waals surface area (Å²) in [4.78, 5) is 10.7. The zero-order valence-electron chi connectivity index (χ0n) is 5.51. The quantitative estimate of drug-likeness (QED) is 0.413. The summed E-state index contributed by atoms with van der Waals surface area (Å²) in [5.41, 5.74) is 4.20. The molecule has 1 aliphatic rings. The van der Waals surface area contributed by atoms with Crippen LogP contribution in [-0.4, -0.2) is 25.9 Å². The lowest BCUT2D eigenvalue weighted by atomic mass is 10.3. The number of hydrogen-bond acceptors (Lipinski definition) is 6. The lowest BCUT2D eigenvalue weighted by Crippen LogP contribution is -2.46. The van der Waals surface area contributed by atoms with E-state index in [1.165, 1.54) is 4.72 Å². The minimum Gasteiger partial charge on any atom is -0.791 e. The Morgan fingerprint density at radius 2 is 2.17 bits per heavy atom. The lowest BCUT2D eigenvalue weighted by molar-refractivity contribution is -0.113. The van der Waals surface area contributed by atoms with E-state index in [9.17, 15) is 18.4 Å². The van der Waals surface area contributed by atoms with Crippen molar-refractivity contribution in [2.24, 2.45) is 15.3 Å². The van der Waals surface area contributed by atoms with Crippen molar-refractivity contribution < 1.29 is 13.2 Å². The summed E-state index contributed by atoms with van der Waals surface area (Å²) in [7, 11) is -4.08. The molecular formula is C3H3N4O4S-. The number of nitrogens with two attached hydrogens (primary N) is 1. The average Bonchev–Trinajstić information content (AvgIpc) is 1.82. The standard InChI is InChI=1S/C3H4N4O4S/c4-2-1(5-9)3(8)7-12(10,11)6-2/h9H,(H2,4,6)(H,7,8)/p-1/b5-1-. The van der Waals surface area contributed by atoms with E-state index in [1.807, 2.05) is 0 Å². The van der Waals surface area contributed by atoms with Crippen LogP contribution < -0.4 is 10.5 Å². The maximum atomic E-state index is 10.7. The highest BCUT2D eigenvalue weighted by Gasteiger charge is 2.26. The van der Waals surface area contributed by atoms with Crippen molar-refractivity contribution in [3.8, 4) is 0 Å². The third-order valence-electron chi connectivity index (χ3n) is 0.989. The van der Waals surface area contributed by atoms with E-state index >= 15 is 0 Å². The van der Waals surface area contributed by atoms with Gasteiger partial charge in [0.15, 0.2) is 11.5 Å². The molecule has 1 heterocycles. The number of carbonyl (C=O) groups is 1. The molecule has 0 aromatic rings. The Bertz CT molecular complexity index is 379. The number of nitrogens with one attached hydrogen (secondary N) is 1. The van der Waals surface area contributed by atoms with Crippen molar-refractivity contribution >= 4 is 27.7 Å². The Morgan fingerprint density at radius 3 is 2.58 bits per heavy atom. The second-order valence-electron chi connectivity index (χ2n) is 1.82. The Kier molecular flexibility index (Phi) is 1.72. The number of carbonyl (C=O) groups excluding carboxylic acids is 1. The van der Waals surface area contributed by atoms with E-state index in [4.69, 9.17) is 5.73 Å². The van der Waals surface area contributed by atoms with Gasteiger partial charge < -0.3 is 16.1 Å². The minimum absolute atomic E-state index is 0.700. The molecule has 0 atom stereocenters. The Hall–Kier alpha value is -1.64. The molecule has 0 unspecified atom stereocenters. The maximum Gasteiger partial charge on any atom is 0.346 e. The maximum absolute atomic E-state index is 10.7. The molecule has 0 aromatic heterocycles. The molecule has 8 nitrogen and oxygen atoms in total. The van der Waals surface area contributed by atoms with Crippen molar-refractivity contribution in [3.63, 3.8) is 0 Å². The minimum atomic E-state index is -4.08. The Morgan fingerprint density at radius 1 is 1.58 bits per heavy atom. The molecule has 0 spiro atoms. The third-order valence-corrected chi connectivity index (χ3v) is 1.87. The zero-order chi connectivity index (χ0) is 9.35. The summed E-state index contributed by atoms with van der Waals surface area (Å²) in [5, 5.41) is 12.1. The number of hydrogen-bond donors (Lipinski definition) is 2. The molecule has 66 valence electrons. The molecule has 1 amide bonds. The van der Waals surface area contributed by atoms with Crippen molar-refractivity contribution in [1.82, 2.24) is 4.72 Å².